The number of aliphatic hydroxyl groups excluding tert-OH is 1. The Labute approximate surface area is 127 Å². The molecule has 0 amide bonds. The second-order valence-corrected chi connectivity index (χ2v) is 7.32. The molecular formula is C16H30O3S. The molecule has 0 bridgehead atoms. The molecule has 118 valence electrons. The summed E-state index contributed by atoms with van der Waals surface area (Å²) in [5, 5.41) is 19.0. The Morgan fingerprint density at radius 1 is 0.800 bits per heavy atom. The third-order valence-electron chi connectivity index (χ3n) is 3.96. The van der Waals surface area contributed by atoms with Gasteiger partial charge in [0.15, 0.2) is 0 Å². The summed E-state index contributed by atoms with van der Waals surface area (Å²) in [5.74, 6) is -0.666. The number of unbranched alkanes of at least 4 members (excludes halogenated alkanes) is 7. The second kappa shape index (κ2) is 11.4. The van der Waals surface area contributed by atoms with E-state index in [4.69, 9.17) is 10.2 Å². The molecule has 0 saturated carbocycles. The van der Waals surface area contributed by atoms with Crippen LogP contribution in [0, 0.1) is 0 Å². The van der Waals surface area contributed by atoms with Gasteiger partial charge in [-0.2, -0.15) is 11.8 Å². The molecule has 0 spiro atoms. The van der Waals surface area contributed by atoms with Crippen molar-refractivity contribution in [1.82, 2.24) is 0 Å². The van der Waals surface area contributed by atoms with Gasteiger partial charge in [-0.05, 0) is 25.7 Å². The van der Waals surface area contributed by atoms with E-state index in [9.17, 15) is 4.79 Å². The van der Waals surface area contributed by atoms with Gasteiger partial charge in [-0.3, -0.25) is 4.79 Å². The van der Waals surface area contributed by atoms with Gasteiger partial charge >= 0.3 is 5.97 Å². The molecular weight excluding hydrogens is 272 g/mol. The van der Waals surface area contributed by atoms with Crippen LogP contribution in [0.2, 0.25) is 0 Å². The highest BCUT2D eigenvalue weighted by molar-refractivity contribution is 8.07. The molecule has 4 heteroatoms. The Balaban J connectivity index is 1.77. The number of carboxylic acids is 1. The van der Waals surface area contributed by atoms with E-state index in [1.54, 1.807) is 0 Å². The number of aliphatic carboxylic acids is 1. The van der Waals surface area contributed by atoms with E-state index in [0.717, 1.165) is 29.8 Å². The number of carbonyl (C=O) groups is 1. The summed E-state index contributed by atoms with van der Waals surface area (Å²) in [7, 11) is 0. The van der Waals surface area contributed by atoms with Gasteiger partial charge in [-0.25, -0.2) is 0 Å². The summed E-state index contributed by atoms with van der Waals surface area (Å²) in [6.45, 7) is 0.341. The number of hydrogen-bond donors (Lipinski definition) is 2. The van der Waals surface area contributed by atoms with Crippen LogP contribution in [0.15, 0.2) is 0 Å². The van der Waals surface area contributed by atoms with Crippen molar-refractivity contribution in [3.63, 3.8) is 0 Å². The smallest absolute Gasteiger partial charge is 0.303 e. The first-order chi connectivity index (χ1) is 9.74. The predicted octanol–water partition coefficient (Wildman–Crippen LogP) is 4.23. The third-order valence-corrected chi connectivity index (χ3v) is 5.48. The van der Waals surface area contributed by atoms with E-state index in [2.05, 4.69) is 11.8 Å². The van der Waals surface area contributed by atoms with Crippen molar-refractivity contribution in [3.05, 3.63) is 0 Å². The van der Waals surface area contributed by atoms with Gasteiger partial charge in [-0.15, -0.1) is 0 Å². The molecule has 0 aromatic carbocycles. The van der Waals surface area contributed by atoms with Crippen molar-refractivity contribution in [2.24, 2.45) is 0 Å². The highest BCUT2D eigenvalue weighted by atomic mass is 32.2. The highest BCUT2D eigenvalue weighted by Crippen LogP contribution is 2.47. The molecule has 1 aliphatic heterocycles. The van der Waals surface area contributed by atoms with Gasteiger partial charge in [0.1, 0.15) is 0 Å². The molecule has 0 aromatic heterocycles. The molecule has 1 heterocycles. The van der Waals surface area contributed by atoms with E-state index in [-0.39, 0.29) is 0 Å². The van der Waals surface area contributed by atoms with Crippen LogP contribution in [0.5, 0.6) is 0 Å². The van der Waals surface area contributed by atoms with Gasteiger partial charge in [0, 0.05) is 23.5 Å². The van der Waals surface area contributed by atoms with Gasteiger partial charge in [0.05, 0.1) is 0 Å². The number of hydrogen-bond acceptors (Lipinski definition) is 3. The Hall–Kier alpha value is -0.220. The molecule has 2 N–H and O–H groups in total. The van der Waals surface area contributed by atoms with Crippen molar-refractivity contribution >= 4 is 17.7 Å². The standard InChI is InChI=1S/C16H30O3S/c17-13-9-5-4-7-11-15-14(20-15)10-6-2-1-3-8-12-16(18)19/h14-15,17H,1-13H2,(H,18,19)/t14-,15-/m0/s1. The van der Waals surface area contributed by atoms with Crippen LogP contribution < -0.4 is 0 Å². The highest BCUT2D eigenvalue weighted by Gasteiger charge is 2.36. The van der Waals surface area contributed by atoms with E-state index < -0.39 is 5.97 Å². The summed E-state index contributed by atoms with van der Waals surface area (Å²) < 4.78 is 0. The maximum Gasteiger partial charge on any atom is 0.303 e. The SMILES string of the molecule is O=C(O)CCCCCCC[C@@H]1S[C@H]1CCCCCCO. The number of rotatable bonds is 14. The lowest BCUT2D eigenvalue weighted by Gasteiger charge is -2.01. The Bertz CT molecular complexity index is 258. The van der Waals surface area contributed by atoms with Crippen LogP contribution in [-0.2, 0) is 4.79 Å². The molecule has 0 unspecified atom stereocenters. The maximum atomic E-state index is 10.4. The molecule has 0 aromatic rings. The van der Waals surface area contributed by atoms with E-state index in [1.807, 2.05) is 0 Å². The molecule has 20 heavy (non-hydrogen) atoms. The number of aliphatic hydroxyl groups is 1. The lowest BCUT2D eigenvalue weighted by molar-refractivity contribution is -0.137. The quantitative estimate of drug-likeness (QED) is 0.372. The van der Waals surface area contributed by atoms with Crippen LogP contribution in [-0.4, -0.2) is 33.3 Å². The zero-order chi connectivity index (χ0) is 14.6. The normalized spacial score (nSPS) is 21.1. The van der Waals surface area contributed by atoms with Crippen molar-refractivity contribution in [2.45, 2.75) is 87.5 Å². The van der Waals surface area contributed by atoms with Crippen LogP contribution >= 0.6 is 11.8 Å². The maximum absolute atomic E-state index is 10.4. The summed E-state index contributed by atoms with van der Waals surface area (Å²) in [6, 6.07) is 0. The minimum absolute atomic E-state index is 0.330. The molecule has 1 rings (SSSR count). The zero-order valence-electron chi connectivity index (χ0n) is 12.6. The van der Waals surface area contributed by atoms with Crippen molar-refractivity contribution in [1.29, 1.82) is 0 Å². The van der Waals surface area contributed by atoms with Gasteiger partial charge in [0.2, 0.25) is 0 Å². The minimum Gasteiger partial charge on any atom is -0.481 e. The van der Waals surface area contributed by atoms with Gasteiger partial charge < -0.3 is 10.2 Å². The molecule has 2 atom stereocenters. The fourth-order valence-corrected chi connectivity index (χ4v) is 3.89. The topological polar surface area (TPSA) is 57.5 Å². The molecule has 1 saturated heterocycles. The van der Waals surface area contributed by atoms with Crippen LogP contribution in [0.1, 0.15) is 77.0 Å². The summed E-state index contributed by atoms with van der Waals surface area (Å²) in [6.07, 6.45) is 13.4. The predicted molar refractivity (Wildman–Crippen MR) is 85.3 cm³/mol. The summed E-state index contributed by atoms with van der Waals surface area (Å²) in [4.78, 5) is 10.4. The molecule has 0 radical (unpaired) electrons. The molecule has 0 aliphatic carbocycles. The largest absolute Gasteiger partial charge is 0.481 e. The Kier molecular flexibility index (Phi) is 10.2. The minimum atomic E-state index is -0.666. The lowest BCUT2D eigenvalue weighted by Crippen LogP contribution is -1.95. The Morgan fingerprint density at radius 2 is 1.30 bits per heavy atom. The first-order valence-electron chi connectivity index (χ1n) is 8.22. The lowest BCUT2D eigenvalue weighted by atomic mass is 10.0. The van der Waals surface area contributed by atoms with E-state index in [1.165, 1.54) is 51.4 Å². The zero-order valence-corrected chi connectivity index (χ0v) is 13.4. The monoisotopic (exact) mass is 302 g/mol. The summed E-state index contributed by atoms with van der Waals surface area (Å²) >= 11 is 2.15. The fraction of sp³-hybridized carbons (Fsp3) is 0.938. The second-order valence-electron chi connectivity index (χ2n) is 5.84. The van der Waals surface area contributed by atoms with Crippen LogP contribution in [0.4, 0.5) is 0 Å². The molecule has 3 nitrogen and oxygen atoms in total. The van der Waals surface area contributed by atoms with E-state index in [0.29, 0.717) is 13.0 Å². The van der Waals surface area contributed by atoms with Crippen LogP contribution in [0.25, 0.3) is 0 Å². The number of carboxylic acid groups (broad SMARTS) is 1. The summed E-state index contributed by atoms with van der Waals surface area (Å²) in [5.41, 5.74) is 0. The third kappa shape index (κ3) is 9.65. The van der Waals surface area contributed by atoms with Crippen molar-refractivity contribution in [2.75, 3.05) is 6.61 Å². The molecule has 1 aliphatic rings. The molecule has 1 fully saturated rings. The Morgan fingerprint density at radius 3 is 1.85 bits per heavy atom. The average molecular weight is 302 g/mol. The van der Waals surface area contributed by atoms with Crippen molar-refractivity contribution in [3.8, 4) is 0 Å². The van der Waals surface area contributed by atoms with Crippen molar-refractivity contribution < 1.29 is 15.0 Å². The van der Waals surface area contributed by atoms with Crippen LogP contribution in [0.3, 0.4) is 0 Å². The average Bonchev–Trinajstić information content (AvgIpc) is 3.15. The van der Waals surface area contributed by atoms with Gasteiger partial charge in [0.25, 0.3) is 0 Å². The van der Waals surface area contributed by atoms with E-state index >= 15 is 0 Å². The first kappa shape index (κ1) is 17.8. The number of thioether (sulfide) groups is 1. The first-order valence-corrected chi connectivity index (χ1v) is 9.16. The van der Waals surface area contributed by atoms with Gasteiger partial charge in [-0.1, -0.05) is 44.9 Å². The fourth-order valence-electron chi connectivity index (χ4n) is 2.65.